The largest absolute Gasteiger partial charge is 0.330 e. The van der Waals surface area contributed by atoms with Gasteiger partial charge >= 0.3 is 0 Å². The van der Waals surface area contributed by atoms with Gasteiger partial charge in [0.25, 0.3) is 0 Å². The molecule has 0 saturated heterocycles. The Hall–Kier alpha value is -0.120. The van der Waals surface area contributed by atoms with E-state index in [0.717, 1.165) is 6.42 Å². The standard InChI is InChI=1S/C9H23N3/c1-8(2,3)9(11,6-7-10)12(4)5/h6-7,10-11H2,1-5H3. The van der Waals surface area contributed by atoms with Crippen LogP contribution in [0.3, 0.4) is 0 Å². The summed E-state index contributed by atoms with van der Waals surface area (Å²) in [5, 5.41) is 0. The van der Waals surface area contributed by atoms with E-state index in [0.29, 0.717) is 6.54 Å². The third-order valence-electron chi connectivity index (χ3n) is 2.62. The summed E-state index contributed by atoms with van der Waals surface area (Å²) < 4.78 is 0. The van der Waals surface area contributed by atoms with Crippen LogP contribution in [-0.4, -0.2) is 31.2 Å². The first kappa shape index (κ1) is 11.9. The molecule has 0 aliphatic heterocycles. The van der Waals surface area contributed by atoms with Crippen molar-refractivity contribution in [2.75, 3.05) is 20.6 Å². The van der Waals surface area contributed by atoms with Gasteiger partial charge in [0.2, 0.25) is 0 Å². The second-order valence-corrected chi connectivity index (χ2v) is 4.61. The summed E-state index contributed by atoms with van der Waals surface area (Å²) in [4.78, 5) is 2.06. The summed E-state index contributed by atoms with van der Waals surface area (Å²) in [7, 11) is 4.00. The molecule has 1 atom stereocenters. The molecular weight excluding hydrogens is 150 g/mol. The SMILES string of the molecule is CN(C)C(N)(CCN)C(C)(C)C. The molecule has 0 radical (unpaired) electrons. The molecule has 1 unspecified atom stereocenters. The Labute approximate surface area is 76.1 Å². The minimum Gasteiger partial charge on any atom is -0.330 e. The predicted molar refractivity (Wildman–Crippen MR) is 53.7 cm³/mol. The van der Waals surface area contributed by atoms with E-state index < -0.39 is 0 Å². The smallest absolute Gasteiger partial charge is 0.0744 e. The number of hydrogen-bond acceptors (Lipinski definition) is 3. The van der Waals surface area contributed by atoms with E-state index >= 15 is 0 Å². The molecule has 0 aromatic heterocycles. The highest BCUT2D eigenvalue weighted by Crippen LogP contribution is 2.31. The van der Waals surface area contributed by atoms with Crippen molar-refractivity contribution >= 4 is 0 Å². The average Bonchev–Trinajstić information content (AvgIpc) is 1.85. The van der Waals surface area contributed by atoms with E-state index in [1.807, 2.05) is 14.1 Å². The molecule has 3 heteroatoms. The van der Waals surface area contributed by atoms with Crippen LogP contribution >= 0.6 is 0 Å². The quantitative estimate of drug-likeness (QED) is 0.614. The van der Waals surface area contributed by atoms with Crippen molar-refractivity contribution in [1.29, 1.82) is 0 Å². The van der Waals surface area contributed by atoms with E-state index in [1.165, 1.54) is 0 Å². The molecule has 74 valence electrons. The van der Waals surface area contributed by atoms with Gasteiger partial charge in [0.05, 0.1) is 5.66 Å². The van der Waals surface area contributed by atoms with Crippen LogP contribution in [-0.2, 0) is 0 Å². The Morgan fingerprint density at radius 3 is 1.67 bits per heavy atom. The molecule has 0 aliphatic carbocycles. The van der Waals surface area contributed by atoms with Crippen molar-refractivity contribution in [3.8, 4) is 0 Å². The van der Waals surface area contributed by atoms with Gasteiger partial charge in [-0.05, 0) is 32.5 Å². The Morgan fingerprint density at radius 1 is 1.17 bits per heavy atom. The van der Waals surface area contributed by atoms with Crippen LogP contribution in [0.15, 0.2) is 0 Å². The zero-order valence-electron chi connectivity index (χ0n) is 9.02. The highest BCUT2D eigenvalue weighted by Gasteiger charge is 2.39. The predicted octanol–water partition coefficient (Wildman–Crippen LogP) is 0.598. The van der Waals surface area contributed by atoms with Gasteiger partial charge < -0.3 is 11.5 Å². The maximum Gasteiger partial charge on any atom is 0.0744 e. The second kappa shape index (κ2) is 3.73. The molecule has 0 aliphatic rings. The third kappa shape index (κ3) is 2.19. The number of nitrogens with zero attached hydrogens (tertiary/aromatic N) is 1. The molecule has 12 heavy (non-hydrogen) atoms. The molecule has 0 fully saturated rings. The molecule has 0 rings (SSSR count). The van der Waals surface area contributed by atoms with Crippen LogP contribution in [0.25, 0.3) is 0 Å². The Morgan fingerprint density at radius 2 is 1.58 bits per heavy atom. The van der Waals surface area contributed by atoms with E-state index in [-0.39, 0.29) is 11.1 Å². The summed E-state index contributed by atoms with van der Waals surface area (Å²) in [5.74, 6) is 0. The van der Waals surface area contributed by atoms with Crippen LogP contribution in [0.5, 0.6) is 0 Å². The topological polar surface area (TPSA) is 55.3 Å². The highest BCUT2D eigenvalue weighted by atomic mass is 15.2. The van der Waals surface area contributed by atoms with Crippen LogP contribution in [0.1, 0.15) is 27.2 Å². The molecule has 4 N–H and O–H groups in total. The van der Waals surface area contributed by atoms with Crippen LogP contribution < -0.4 is 11.5 Å². The lowest BCUT2D eigenvalue weighted by atomic mass is 9.78. The summed E-state index contributed by atoms with van der Waals surface area (Å²) in [6, 6.07) is 0. The molecule has 0 aromatic rings. The molecule has 3 nitrogen and oxygen atoms in total. The van der Waals surface area contributed by atoms with Crippen molar-refractivity contribution in [1.82, 2.24) is 4.90 Å². The number of rotatable bonds is 3. The fourth-order valence-corrected chi connectivity index (χ4v) is 1.49. The van der Waals surface area contributed by atoms with Gasteiger partial charge in [-0.25, -0.2) is 0 Å². The lowest BCUT2D eigenvalue weighted by Crippen LogP contribution is -2.62. The molecular formula is C9H23N3. The number of nitrogens with two attached hydrogens (primary N) is 2. The zero-order chi connectivity index (χ0) is 9.99. The monoisotopic (exact) mass is 173 g/mol. The van der Waals surface area contributed by atoms with Gasteiger partial charge in [0.15, 0.2) is 0 Å². The van der Waals surface area contributed by atoms with E-state index in [9.17, 15) is 0 Å². The average molecular weight is 173 g/mol. The second-order valence-electron chi connectivity index (χ2n) is 4.61. The van der Waals surface area contributed by atoms with E-state index in [2.05, 4.69) is 25.7 Å². The summed E-state index contributed by atoms with van der Waals surface area (Å²) in [6.45, 7) is 7.06. The maximum atomic E-state index is 6.27. The normalized spacial score (nSPS) is 18.0. The van der Waals surface area contributed by atoms with Crippen molar-refractivity contribution in [3.05, 3.63) is 0 Å². The van der Waals surface area contributed by atoms with Crippen LogP contribution in [0, 0.1) is 5.41 Å². The van der Waals surface area contributed by atoms with Gasteiger partial charge in [-0.1, -0.05) is 20.8 Å². The first-order valence-corrected chi connectivity index (χ1v) is 4.42. The Kier molecular flexibility index (Phi) is 3.69. The summed E-state index contributed by atoms with van der Waals surface area (Å²) >= 11 is 0. The van der Waals surface area contributed by atoms with Crippen molar-refractivity contribution in [3.63, 3.8) is 0 Å². The van der Waals surface area contributed by atoms with Gasteiger partial charge in [-0.15, -0.1) is 0 Å². The van der Waals surface area contributed by atoms with Crippen LogP contribution in [0.2, 0.25) is 0 Å². The molecule has 0 saturated carbocycles. The third-order valence-corrected chi connectivity index (χ3v) is 2.62. The highest BCUT2D eigenvalue weighted by molar-refractivity contribution is 4.92. The minimum absolute atomic E-state index is 0.0515. The Balaban J connectivity index is 4.62. The fraction of sp³-hybridized carbons (Fsp3) is 1.00. The van der Waals surface area contributed by atoms with Gasteiger partial charge in [0, 0.05) is 0 Å². The first-order valence-electron chi connectivity index (χ1n) is 4.42. The van der Waals surface area contributed by atoms with Gasteiger partial charge in [-0.2, -0.15) is 0 Å². The van der Waals surface area contributed by atoms with Crippen LogP contribution in [0.4, 0.5) is 0 Å². The lowest BCUT2D eigenvalue weighted by molar-refractivity contribution is 0.0287. The summed E-state index contributed by atoms with van der Waals surface area (Å²) in [5.41, 5.74) is 11.6. The molecule has 0 spiro atoms. The maximum absolute atomic E-state index is 6.27. The van der Waals surface area contributed by atoms with Gasteiger partial charge in [-0.3, -0.25) is 4.90 Å². The molecule has 0 heterocycles. The lowest BCUT2D eigenvalue weighted by Gasteiger charge is -2.46. The molecule has 0 bridgehead atoms. The first-order chi connectivity index (χ1) is 5.25. The zero-order valence-corrected chi connectivity index (χ0v) is 9.02. The molecule has 0 amide bonds. The van der Waals surface area contributed by atoms with Crippen molar-refractivity contribution < 1.29 is 0 Å². The van der Waals surface area contributed by atoms with Crippen molar-refractivity contribution in [2.24, 2.45) is 16.9 Å². The van der Waals surface area contributed by atoms with Gasteiger partial charge in [0.1, 0.15) is 0 Å². The molecule has 0 aromatic carbocycles. The van der Waals surface area contributed by atoms with E-state index in [1.54, 1.807) is 0 Å². The summed E-state index contributed by atoms with van der Waals surface area (Å²) in [6.07, 6.45) is 0.823. The minimum atomic E-state index is -0.304. The van der Waals surface area contributed by atoms with E-state index in [4.69, 9.17) is 11.5 Å². The Bertz CT molecular complexity index is 137. The van der Waals surface area contributed by atoms with Crippen molar-refractivity contribution in [2.45, 2.75) is 32.9 Å². The number of hydrogen-bond donors (Lipinski definition) is 2. The fourth-order valence-electron chi connectivity index (χ4n) is 1.49.